The summed E-state index contributed by atoms with van der Waals surface area (Å²) in [6.45, 7) is 3.24. The normalized spacial score (nSPS) is 16.0. The number of benzene rings is 2. The number of guanidine groups is 1. The molecule has 1 saturated heterocycles. The highest BCUT2D eigenvalue weighted by molar-refractivity contribution is 14.0. The van der Waals surface area contributed by atoms with E-state index in [1.54, 1.807) is 6.20 Å². The molecule has 4 rings (SSSR count). The fourth-order valence-corrected chi connectivity index (χ4v) is 3.81. The monoisotopic (exact) mass is 528 g/mol. The number of rotatable bonds is 6. The first-order valence-electron chi connectivity index (χ1n) is 10.4. The molecule has 0 amide bonds. The first-order chi connectivity index (χ1) is 14.8. The maximum Gasteiger partial charge on any atom is 0.193 e. The Morgan fingerprint density at radius 1 is 1.06 bits per heavy atom. The molecule has 1 fully saturated rings. The number of nitrogens with one attached hydrogen (secondary N) is 1. The van der Waals surface area contributed by atoms with E-state index in [1.165, 1.54) is 11.1 Å². The lowest BCUT2D eigenvalue weighted by atomic mass is 9.99. The first kappa shape index (κ1) is 23.1. The third-order valence-electron chi connectivity index (χ3n) is 5.46. The molecule has 1 atom stereocenters. The van der Waals surface area contributed by atoms with Crippen molar-refractivity contribution in [2.45, 2.75) is 25.5 Å². The molecule has 0 saturated carbocycles. The molecule has 3 aromatic rings. The van der Waals surface area contributed by atoms with Crippen molar-refractivity contribution in [1.29, 1.82) is 0 Å². The number of ether oxygens (including phenoxy) is 1. The second-order valence-electron chi connectivity index (χ2n) is 7.50. The maximum absolute atomic E-state index is 5.81. The average Bonchev–Trinajstić information content (AvgIpc) is 3.30. The fraction of sp³-hybridized carbons (Fsp3) is 0.280. The van der Waals surface area contributed by atoms with Gasteiger partial charge in [-0.25, -0.2) is 0 Å². The van der Waals surface area contributed by atoms with Crippen LogP contribution in [0.5, 0.6) is 5.75 Å². The number of halogens is 1. The van der Waals surface area contributed by atoms with Gasteiger partial charge in [0.15, 0.2) is 5.96 Å². The summed E-state index contributed by atoms with van der Waals surface area (Å²) in [6, 6.07) is 24.8. The largest absolute Gasteiger partial charge is 0.487 e. The van der Waals surface area contributed by atoms with Crippen LogP contribution in [0.2, 0.25) is 0 Å². The summed E-state index contributed by atoms with van der Waals surface area (Å²) >= 11 is 0. The van der Waals surface area contributed by atoms with Crippen LogP contribution in [0.3, 0.4) is 0 Å². The highest BCUT2D eigenvalue weighted by Gasteiger charge is 2.25. The number of pyridine rings is 1. The molecule has 0 bridgehead atoms. The molecule has 1 aromatic heterocycles. The van der Waals surface area contributed by atoms with Gasteiger partial charge >= 0.3 is 0 Å². The van der Waals surface area contributed by atoms with E-state index in [1.807, 2.05) is 37.4 Å². The van der Waals surface area contributed by atoms with Crippen molar-refractivity contribution in [3.8, 4) is 5.75 Å². The van der Waals surface area contributed by atoms with Crippen LogP contribution < -0.4 is 10.1 Å². The Hall–Kier alpha value is -2.61. The Kier molecular flexibility index (Phi) is 8.70. The number of hydrogen-bond acceptors (Lipinski definition) is 3. The van der Waals surface area contributed by atoms with Crippen molar-refractivity contribution in [2.24, 2.45) is 4.99 Å². The zero-order valence-electron chi connectivity index (χ0n) is 17.8. The Labute approximate surface area is 201 Å². The second-order valence-corrected chi connectivity index (χ2v) is 7.50. The highest BCUT2D eigenvalue weighted by atomic mass is 127. The zero-order valence-corrected chi connectivity index (χ0v) is 20.1. The van der Waals surface area contributed by atoms with Crippen molar-refractivity contribution < 1.29 is 4.74 Å². The number of aliphatic imine (C=N–C) groups is 1. The van der Waals surface area contributed by atoms with Gasteiger partial charge in [-0.2, -0.15) is 0 Å². The SMILES string of the molecule is CN=C(NCc1ccc(OCc2ccccn2)cc1)N1CCC(c2ccccc2)C1.I. The lowest BCUT2D eigenvalue weighted by Crippen LogP contribution is -2.39. The van der Waals surface area contributed by atoms with E-state index in [9.17, 15) is 0 Å². The van der Waals surface area contributed by atoms with Gasteiger partial charge in [0.1, 0.15) is 12.4 Å². The smallest absolute Gasteiger partial charge is 0.193 e. The third kappa shape index (κ3) is 6.43. The van der Waals surface area contributed by atoms with E-state index < -0.39 is 0 Å². The second kappa shape index (κ2) is 11.7. The minimum atomic E-state index is 0. The van der Waals surface area contributed by atoms with Gasteiger partial charge in [0.2, 0.25) is 0 Å². The predicted octanol–water partition coefficient (Wildman–Crippen LogP) is 4.84. The molecule has 6 heteroatoms. The van der Waals surface area contributed by atoms with Crippen molar-refractivity contribution in [3.05, 3.63) is 95.8 Å². The fourth-order valence-electron chi connectivity index (χ4n) is 3.81. The molecule has 2 heterocycles. The standard InChI is InChI=1S/C25H28N4O.HI/c1-26-25(29-16-14-22(18-29)21-7-3-2-4-8-21)28-17-20-10-12-24(13-11-20)30-19-23-9-5-6-15-27-23;/h2-13,15,22H,14,16-19H2,1H3,(H,26,28);1H. The summed E-state index contributed by atoms with van der Waals surface area (Å²) < 4.78 is 5.81. The summed E-state index contributed by atoms with van der Waals surface area (Å²) in [5.41, 5.74) is 3.53. The molecule has 1 N–H and O–H groups in total. The highest BCUT2D eigenvalue weighted by Crippen LogP contribution is 2.26. The minimum Gasteiger partial charge on any atom is -0.487 e. The van der Waals surface area contributed by atoms with E-state index in [-0.39, 0.29) is 24.0 Å². The zero-order chi connectivity index (χ0) is 20.6. The lowest BCUT2D eigenvalue weighted by molar-refractivity contribution is 0.301. The quantitative estimate of drug-likeness (QED) is 0.283. The maximum atomic E-state index is 5.81. The molecule has 0 aliphatic carbocycles. The van der Waals surface area contributed by atoms with E-state index in [4.69, 9.17) is 4.74 Å². The van der Waals surface area contributed by atoms with Gasteiger partial charge in [-0.3, -0.25) is 9.98 Å². The molecule has 0 spiro atoms. The minimum absolute atomic E-state index is 0. The molecule has 0 radical (unpaired) electrons. The summed E-state index contributed by atoms with van der Waals surface area (Å²) in [7, 11) is 1.85. The number of aromatic nitrogens is 1. The van der Waals surface area contributed by atoms with Crippen LogP contribution >= 0.6 is 24.0 Å². The molecule has 1 unspecified atom stereocenters. The molecular formula is C25H29IN4O. The van der Waals surface area contributed by atoms with E-state index in [2.05, 4.69) is 62.7 Å². The van der Waals surface area contributed by atoms with Gasteiger partial charge in [0.05, 0.1) is 5.69 Å². The molecule has 1 aliphatic rings. The van der Waals surface area contributed by atoms with Gasteiger partial charge < -0.3 is 15.0 Å². The Bertz CT molecular complexity index is 948. The Morgan fingerprint density at radius 2 is 1.84 bits per heavy atom. The van der Waals surface area contributed by atoms with Gasteiger partial charge in [-0.1, -0.05) is 48.5 Å². The van der Waals surface area contributed by atoms with Gasteiger partial charge in [-0.15, -0.1) is 24.0 Å². The van der Waals surface area contributed by atoms with Crippen LogP contribution in [0, 0.1) is 0 Å². The summed E-state index contributed by atoms with van der Waals surface area (Å²) in [6.07, 6.45) is 2.94. The van der Waals surface area contributed by atoms with E-state index >= 15 is 0 Å². The number of hydrogen-bond donors (Lipinski definition) is 1. The van der Waals surface area contributed by atoms with Crippen LogP contribution in [0.4, 0.5) is 0 Å². The molecular weight excluding hydrogens is 499 g/mol. The van der Waals surface area contributed by atoms with Crippen molar-refractivity contribution in [1.82, 2.24) is 15.2 Å². The topological polar surface area (TPSA) is 49.8 Å². The first-order valence-corrected chi connectivity index (χ1v) is 10.4. The Balaban J connectivity index is 0.00000272. The average molecular weight is 528 g/mol. The lowest BCUT2D eigenvalue weighted by Gasteiger charge is -2.22. The van der Waals surface area contributed by atoms with E-state index in [0.29, 0.717) is 12.5 Å². The van der Waals surface area contributed by atoms with Crippen LogP contribution in [-0.2, 0) is 13.2 Å². The van der Waals surface area contributed by atoms with Crippen molar-refractivity contribution >= 4 is 29.9 Å². The van der Waals surface area contributed by atoms with Gasteiger partial charge in [0.25, 0.3) is 0 Å². The van der Waals surface area contributed by atoms with Gasteiger partial charge in [0, 0.05) is 38.8 Å². The Morgan fingerprint density at radius 3 is 2.55 bits per heavy atom. The number of nitrogens with zero attached hydrogens (tertiary/aromatic N) is 3. The summed E-state index contributed by atoms with van der Waals surface area (Å²) in [5, 5.41) is 3.50. The summed E-state index contributed by atoms with van der Waals surface area (Å²) in [5.74, 6) is 2.38. The molecule has 1 aliphatic heterocycles. The molecule has 162 valence electrons. The third-order valence-corrected chi connectivity index (χ3v) is 5.46. The molecule has 31 heavy (non-hydrogen) atoms. The molecule has 5 nitrogen and oxygen atoms in total. The van der Waals surface area contributed by atoms with Crippen LogP contribution in [-0.4, -0.2) is 36.0 Å². The predicted molar refractivity (Wildman–Crippen MR) is 136 cm³/mol. The van der Waals surface area contributed by atoms with Crippen LogP contribution in [0.25, 0.3) is 0 Å². The van der Waals surface area contributed by atoms with Crippen molar-refractivity contribution in [3.63, 3.8) is 0 Å². The van der Waals surface area contributed by atoms with Gasteiger partial charge in [-0.05, 0) is 41.8 Å². The summed E-state index contributed by atoms with van der Waals surface area (Å²) in [4.78, 5) is 11.1. The van der Waals surface area contributed by atoms with E-state index in [0.717, 1.165) is 43.5 Å². The van der Waals surface area contributed by atoms with Crippen LogP contribution in [0.15, 0.2) is 84.0 Å². The number of likely N-dealkylation sites (tertiary alicyclic amines) is 1. The van der Waals surface area contributed by atoms with Crippen LogP contribution in [0.1, 0.15) is 29.2 Å². The molecule has 2 aromatic carbocycles. The van der Waals surface area contributed by atoms with Crippen molar-refractivity contribution in [2.75, 3.05) is 20.1 Å².